The number of carbonyl (C=O) groups is 1. The molecule has 5 rings (SSSR count). The Morgan fingerprint density at radius 2 is 2.06 bits per heavy atom. The maximum atomic E-state index is 12.7. The number of aromatic amines is 1. The zero-order valence-electron chi connectivity index (χ0n) is 17.5. The summed E-state index contributed by atoms with van der Waals surface area (Å²) in [7, 11) is 2.06. The van der Waals surface area contributed by atoms with Gasteiger partial charge in [-0.05, 0) is 45.3 Å². The first kappa shape index (κ1) is 22.3. The number of aromatic nitrogens is 3. The molecular weight excluding hydrogens is 412 g/mol. The summed E-state index contributed by atoms with van der Waals surface area (Å²) >= 11 is 0. The molecule has 172 valence electrons. The lowest BCUT2D eigenvalue weighted by Crippen LogP contribution is -2.30. The van der Waals surface area contributed by atoms with Crippen LogP contribution in [0.25, 0.3) is 16.6 Å². The molecule has 0 amide bonds. The van der Waals surface area contributed by atoms with Crippen LogP contribution in [0.2, 0.25) is 0 Å². The molecule has 0 aliphatic carbocycles. The Morgan fingerprint density at radius 3 is 2.75 bits per heavy atom. The first-order chi connectivity index (χ1) is 15.0. The molecule has 0 spiro atoms. The minimum absolute atomic E-state index is 0. The van der Waals surface area contributed by atoms with Crippen molar-refractivity contribution in [3.8, 4) is 5.75 Å². The van der Waals surface area contributed by atoms with Gasteiger partial charge in [0, 0.05) is 31.2 Å². The molecule has 2 N–H and O–H groups in total. The van der Waals surface area contributed by atoms with Gasteiger partial charge in [0.1, 0.15) is 29.3 Å². The molecule has 0 saturated carbocycles. The molecule has 1 atom stereocenters. The number of fused-ring (bicyclic) bond motifs is 3. The van der Waals surface area contributed by atoms with E-state index in [0.717, 1.165) is 38.1 Å². The number of carboxylic acid groups (broad SMARTS) is 1. The topological polar surface area (TPSA) is 109 Å². The number of likely N-dealkylation sites (N-methyl/N-ethyl adjacent to an activating group) is 1. The highest BCUT2D eigenvalue weighted by Crippen LogP contribution is 2.31. The van der Waals surface area contributed by atoms with Gasteiger partial charge in [-0.15, -0.1) is 0 Å². The number of H-pyrrole nitrogens is 1. The van der Waals surface area contributed by atoms with Gasteiger partial charge in [0.2, 0.25) is 0 Å². The number of imidazole rings is 1. The van der Waals surface area contributed by atoms with Crippen molar-refractivity contribution in [1.29, 1.82) is 0 Å². The molecule has 0 radical (unpaired) electrons. The lowest BCUT2D eigenvalue weighted by molar-refractivity contribution is 0.0691. The fraction of sp³-hybridized carbons (Fsp3) is 0.522. The molecule has 1 aromatic carbocycles. The SMILES string of the molecule is C.CN1CCC[C@H]1COc1cc2c(cc1C(=O)O)[nH]c(=O)c1cnc(C3CCOCC3)n12. The largest absolute Gasteiger partial charge is 0.491 e. The van der Waals surface area contributed by atoms with E-state index in [1.807, 2.05) is 4.40 Å². The Kier molecular flexibility index (Phi) is 6.21. The average molecular weight is 443 g/mol. The molecule has 0 bridgehead atoms. The summed E-state index contributed by atoms with van der Waals surface area (Å²) in [5.41, 5.74) is 1.32. The summed E-state index contributed by atoms with van der Waals surface area (Å²) < 4.78 is 13.4. The molecule has 2 aromatic heterocycles. The minimum atomic E-state index is -1.09. The number of nitrogens with zero attached hydrogens (tertiary/aromatic N) is 3. The molecule has 32 heavy (non-hydrogen) atoms. The third kappa shape index (κ3) is 3.86. The second-order valence-corrected chi connectivity index (χ2v) is 8.44. The summed E-state index contributed by atoms with van der Waals surface area (Å²) in [4.78, 5) is 34.2. The third-order valence-corrected chi connectivity index (χ3v) is 6.53. The molecule has 2 aliphatic heterocycles. The van der Waals surface area contributed by atoms with Crippen LogP contribution in [0.1, 0.15) is 55.2 Å². The van der Waals surface area contributed by atoms with Crippen molar-refractivity contribution in [2.75, 3.05) is 33.4 Å². The Bertz CT molecular complexity index is 1190. The van der Waals surface area contributed by atoms with Crippen LogP contribution >= 0.6 is 0 Å². The quantitative estimate of drug-likeness (QED) is 0.625. The molecule has 3 aromatic rings. The predicted molar refractivity (Wildman–Crippen MR) is 121 cm³/mol. The van der Waals surface area contributed by atoms with Gasteiger partial charge in [-0.2, -0.15) is 0 Å². The molecule has 2 saturated heterocycles. The Balaban J connectivity index is 0.00000245. The van der Waals surface area contributed by atoms with Gasteiger partial charge < -0.3 is 24.5 Å². The molecular formula is C23H30N4O5. The van der Waals surface area contributed by atoms with Gasteiger partial charge in [0.25, 0.3) is 5.56 Å². The lowest BCUT2D eigenvalue weighted by atomic mass is 9.99. The van der Waals surface area contributed by atoms with Crippen molar-refractivity contribution in [3.63, 3.8) is 0 Å². The summed E-state index contributed by atoms with van der Waals surface area (Å²) in [5.74, 6) is 0.198. The molecule has 4 heterocycles. The standard InChI is InChI=1S/C22H26N4O5.CH4/c1-25-6-2-3-14(25)12-31-19-10-17-16(9-15(19)22(28)29)24-21(27)18-11-23-20(26(17)18)13-4-7-30-8-5-13;/h9-11,13-14H,2-8,12H2,1H3,(H,24,27)(H,28,29);1H4/t14-;/m0./s1. The average Bonchev–Trinajstić information content (AvgIpc) is 3.39. The van der Waals surface area contributed by atoms with E-state index in [1.54, 1.807) is 12.3 Å². The summed E-state index contributed by atoms with van der Waals surface area (Å²) in [5, 5.41) is 9.75. The Hall–Kier alpha value is -2.91. The van der Waals surface area contributed by atoms with E-state index in [1.165, 1.54) is 6.07 Å². The van der Waals surface area contributed by atoms with Crippen LogP contribution in [0.3, 0.4) is 0 Å². The van der Waals surface area contributed by atoms with E-state index in [0.29, 0.717) is 42.1 Å². The van der Waals surface area contributed by atoms with Crippen LogP contribution in [0.4, 0.5) is 0 Å². The van der Waals surface area contributed by atoms with Crippen molar-refractivity contribution in [1.82, 2.24) is 19.3 Å². The summed E-state index contributed by atoms with van der Waals surface area (Å²) in [6, 6.07) is 3.47. The van der Waals surface area contributed by atoms with Crippen molar-refractivity contribution < 1.29 is 19.4 Å². The van der Waals surface area contributed by atoms with E-state index in [9.17, 15) is 14.7 Å². The second-order valence-electron chi connectivity index (χ2n) is 8.44. The Labute approximate surface area is 186 Å². The van der Waals surface area contributed by atoms with Crippen molar-refractivity contribution in [2.45, 2.75) is 45.1 Å². The fourth-order valence-electron chi connectivity index (χ4n) is 4.73. The van der Waals surface area contributed by atoms with Gasteiger partial charge in [0.15, 0.2) is 0 Å². The van der Waals surface area contributed by atoms with Crippen molar-refractivity contribution >= 4 is 22.5 Å². The highest BCUT2D eigenvalue weighted by molar-refractivity contribution is 5.96. The normalized spacial score (nSPS) is 20.0. The molecule has 9 nitrogen and oxygen atoms in total. The van der Waals surface area contributed by atoms with Crippen LogP contribution in [0, 0.1) is 0 Å². The van der Waals surface area contributed by atoms with Crippen molar-refractivity contribution in [2.24, 2.45) is 0 Å². The van der Waals surface area contributed by atoms with Crippen LogP contribution in [0.15, 0.2) is 23.1 Å². The second kappa shape index (κ2) is 8.91. The number of rotatable bonds is 5. The van der Waals surface area contributed by atoms with Gasteiger partial charge in [0.05, 0.1) is 17.2 Å². The van der Waals surface area contributed by atoms with Gasteiger partial charge in [-0.3, -0.25) is 9.20 Å². The van der Waals surface area contributed by atoms with Crippen LogP contribution in [-0.4, -0.2) is 69.8 Å². The smallest absolute Gasteiger partial charge is 0.339 e. The first-order valence-corrected chi connectivity index (χ1v) is 10.7. The number of hydrogen-bond donors (Lipinski definition) is 2. The van der Waals surface area contributed by atoms with E-state index >= 15 is 0 Å². The van der Waals surface area contributed by atoms with Crippen LogP contribution in [0.5, 0.6) is 5.75 Å². The van der Waals surface area contributed by atoms with Gasteiger partial charge in [-0.25, -0.2) is 9.78 Å². The lowest BCUT2D eigenvalue weighted by Gasteiger charge is -2.22. The number of carboxylic acids is 1. The minimum Gasteiger partial charge on any atom is -0.491 e. The van der Waals surface area contributed by atoms with Crippen molar-refractivity contribution in [3.05, 3.63) is 40.1 Å². The highest BCUT2D eigenvalue weighted by atomic mass is 16.5. The van der Waals surface area contributed by atoms with E-state index in [-0.39, 0.29) is 30.5 Å². The van der Waals surface area contributed by atoms with E-state index in [2.05, 4.69) is 21.9 Å². The monoisotopic (exact) mass is 442 g/mol. The van der Waals surface area contributed by atoms with Crippen LogP contribution in [-0.2, 0) is 4.74 Å². The number of aromatic carboxylic acids is 1. The number of benzene rings is 1. The molecule has 2 fully saturated rings. The number of hydrogen-bond acceptors (Lipinski definition) is 6. The maximum absolute atomic E-state index is 12.7. The maximum Gasteiger partial charge on any atom is 0.339 e. The molecule has 0 unspecified atom stereocenters. The molecule has 2 aliphatic rings. The van der Waals surface area contributed by atoms with Gasteiger partial charge >= 0.3 is 5.97 Å². The van der Waals surface area contributed by atoms with E-state index < -0.39 is 5.97 Å². The van der Waals surface area contributed by atoms with Gasteiger partial charge in [-0.1, -0.05) is 7.43 Å². The number of nitrogens with one attached hydrogen (secondary N) is 1. The zero-order chi connectivity index (χ0) is 21.5. The predicted octanol–water partition coefficient (Wildman–Crippen LogP) is 2.88. The van der Waals surface area contributed by atoms with E-state index in [4.69, 9.17) is 9.47 Å². The zero-order valence-corrected chi connectivity index (χ0v) is 17.5. The fourth-order valence-corrected chi connectivity index (χ4v) is 4.73. The highest BCUT2D eigenvalue weighted by Gasteiger charge is 2.25. The Morgan fingerprint density at radius 1 is 1.28 bits per heavy atom. The number of ether oxygens (including phenoxy) is 2. The number of likely N-dealkylation sites (tertiary alicyclic amines) is 1. The first-order valence-electron chi connectivity index (χ1n) is 10.7. The summed E-state index contributed by atoms with van der Waals surface area (Å²) in [6.07, 6.45) is 5.39. The van der Waals surface area contributed by atoms with Crippen LogP contribution < -0.4 is 10.3 Å². The molecule has 9 heteroatoms. The third-order valence-electron chi connectivity index (χ3n) is 6.53. The summed E-state index contributed by atoms with van der Waals surface area (Å²) in [6.45, 7) is 2.76.